The molecule has 0 atom stereocenters. The molecule has 0 amide bonds. The SMILES string of the molecule is O=C(O)c1ccc(NCCc2ccncc2)c(Br)c1. The van der Waals surface area contributed by atoms with Crippen LogP contribution in [-0.2, 0) is 6.42 Å². The topological polar surface area (TPSA) is 62.2 Å². The summed E-state index contributed by atoms with van der Waals surface area (Å²) < 4.78 is 0.752. The van der Waals surface area contributed by atoms with Gasteiger partial charge in [0.2, 0.25) is 0 Å². The molecule has 0 unspecified atom stereocenters. The van der Waals surface area contributed by atoms with E-state index in [0.717, 1.165) is 23.1 Å². The number of rotatable bonds is 5. The number of carboxylic acid groups (broad SMARTS) is 1. The lowest BCUT2D eigenvalue weighted by molar-refractivity contribution is 0.0697. The van der Waals surface area contributed by atoms with Gasteiger partial charge in [-0.15, -0.1) is 0 Å². The van der Waals surface area contributed by atoms with Gasteiger partial charge in [0.25, 0.3) is 0 Å². The van der Waals surface area contributed by atoms with Crippen molar-refractivity contribution in [2.24, 2.45) is 0 Å². The summed E-state index contributed by atoms with van der Waals surface area (Å²) in [5.41, 5.74) is 2.37. The summed E-state index contributed by atoms with van der Waals surface area (Å²) in [7, 11) is 0. The summed E-state index contributed by atoms with van der Waals surface area (Å²) in [5, 5.41) is 12.1. The summed E-state index contributed by atoms with van der Waals surface area (Å²) in [6.07, 6.45) is 4.43. The molecule has 2 N–H and O–H groups in total. The molecule has 2 rings (SSSR count). The summed E-state index contributed by atoms with van der Waals surface area (Å²) >= 11 is 3.37. The Morgan fingerprint density at radius 1 is 1.26 bits per heavy atom. The standard InChI is InChI=1S/C14H13BrN2O2/c15-12-9-11(14(18)19)1-2-13(12)17-8-5-10-3-6-16-7-4-10/h1-4,6-7,9,17H,5,8H2,(H,18,19). The number of carbonyl (C=O) groups is 1. The molecule has 1 aromatic heterocycles. The van der Waals surface area contributed by atoms with Crippen LogP contribution in [0.25, 0.3) is 0 Å². The summed E-state index contributed by atoms with van der Waals surface area (Å²) in [6.45, 7) is 0.773. The molecule has 1 heterocycles. The number of nitrogens with zero attached hydrogens (tertiary/aromatic N) is 1. The summed E-state index contributed by atoms with van der Waals surface area (Å²) in [5.74, 6) is -0.927. The van der Waals surface area contributed by atoms with Crippen molar-refractivity contribution in [3.8, 4) is 0 Å². The summed E-state index contributed by atoms with van der Waals surface area (Å²) in [6, 6.07) is 8.90. The molecule has 0 fully saturated rings. The first-order chi connectivity index (χ1) is 9.16. The van der Waals surface area contributed by atoms with Crippen molar-refractivity contribution in [3.63, 3.8) is 0 Å². The third-order valence-electron chi connectivity index (χ3n) is 2.69. The number of benzene rings is 1. The van der Waals surface area contributed by atoms with Crippen LogP contribution in [0.3, 0.4) is 0 Å². The number of aromatic carboxylic acids is 1. The van der Waals surface area contributed by atoms with Crippen molar-refractivity contribution in [3.05, 3.63) is 58.3 Å². The van der Waals surface area contributed by atoms with Crippen molar-refractivity contribution >= 4 is 27.6 Å². The van der Waals surface area contributed by atoms with E-state index in [4.69, 9.17) is 5.11 Å². The predicted octanol–water partition coefficient (Wildman–Crippen LogP) is 3.20. The van der Waals surface area contributed by atoms with Crippen LogP contribution >= 0.6 is 15.9 Å². The Kier molecular flexibility index (Phi) is 4.52. The molecule has 2 aromatic rings. The van der Waals surface area contributed by atoms with Crippen molar-refractivity contribution in [2.45, 2.75) is 6.42 Å². The Bertz CT molecular complexity index is 573. The average molecular weight is 321 g/mol. The van der Waals surface area contributed by atoms with Gasteiger partial charge in [0.1, 0.15) is 0 Å². The van der Waals surface area contributed by atoms with Crippen LogP contribution in [0, 0.1) is 0 Å². The molecular weight excluding hydrogens is 308 g/mol. The van der Waals surface area contributed by atoms with E-state index in [9.17, 15) is 4.79 Å². The Morgan fingerprint density at radius 2 is 2.00 bits per heavy atom. The highest BCUT2D eigenvalue weighted by Gasteiger charge is 2.06. The highest BCUT2D eigenvalue weighted by atomic mass is 79.9. The van der Waals surface area contributed by atoms with E-state index in [1.165, 1.54) is 5.56 Å². The van der Waals surface area contributed by atoms with E-state index in [-0.39, 0.29) is 5.56 Å². The Morgan fingerprint density at radius 3 is 2.63 bits per heavy atom. The lowest BCUT2D eigenvalue weighted by Gasteiger charge is -2.09. The van der Waals surface area contributed by atoms with Gasteiger partial charge in [0.15, 0.2) is 0 Å². The van der Waals surface area contributed by atoms with Crippen LogP contribution in [0.4, 0.5) is 5.69 Å². The first kappa shape index (κ1) is 13.5. The van der Waals surface area contributed by atoms with Crippen LogP contribution < -0.4 is 5.32 Å². The fourth-order valence-electron chi connectivity index (χ4n) is 1.68. The highest BCUT2D eigenvalue weighted by molar-refractivity contribution is 9.10. The van der Waals surface area contributed by atoms with Gasteiger partial charge < -0.3 is 10.4 Å². The van der Waals surface area contributed by atoms with E-state index in [1.54, 1.807) is 30.6 Å². The maximum absolute atomic E-state index is 10.8. The second-order valence-electron chi connectivity index (χ2n) is 4.03. The number of hydrogen-bond acceptors (Lipinski definition) is 3. The van der Waals surface area contributed by atoms with Gasteiger partial charge in [0.05, 0.1) is 5.56 Å². The van der Waals surface area contributed by atoms with Gasteiger partial charge >= 0.3 is 5.97 Å². The van der Waals surface area contributed by atoms with Crippen molar-refractivity contribution in [1.82, 2.24) is 4.98 Å². The van der Waals surface area contributed by atoms with E-state index < -0.39 is 5.97 Å². The number of anilines is 1. The van der Waals surface area contributed by atoms with E-state index in [1.807, 2.05) is 12.1 Å². The monoisotopic (exact) mass is 320 g/mol. The zero-order valence-electron chi connectivity index (χ0n) is 10.1. The van der Waals surface area contributed by atoms with Crippen LogP contribution in [0.2, 0.25) is 0 Å². The van der Waals surface area contributed by atoms with Gasteiger partial charge in [-0.05, 0) is 58.2 Å². The minimum absolute atomic E-state index is 0.270. The highest BCUT2D eigenvalue weighted by Crippen LogP contribution is 2.23. The molecule has 0 aliphatic carbocycles. The van der Waals surface area contributed by atoms with Crippen molar-refractivity contribution in [1.29, 1.82) is 0 Å². The zero-order chi connectivity index (χ0) is 13.7. The smallest absolute Gasteiger partial charge is 0.335 e. The number of carboxylic acids is 1. The van der Waals surface area contributed by atoms with Crippen molar-refractivity contribution in [2.75, 3.05) is 11.9 Å². The molecule has 98 valence electrons. The maximum Gasteiger partial charge on any atom is 0.335 e. The van der Waals surface area contributed by atoms with Crippen LogP contribution in [-0.4, -0.2) is 22.6 Å². The van der Waals surface area contributed by atoms with E-state index in [0.29, 0.717) is 0 Å². The molecule has 1 aromatic carbocycles. The molecule has 0 spiro atoms. The summed E-state index contributed by atoms with van der Waals surface area (Å²) in [4.78, 5) is 14.8. The van der Waals surface area contributed by atoms with Crippen LogP contribution in [0.5, 0.6) is 0 Å². The number of nitrogens with one attached hydrogen (secondary N) is 1. The molecule has 0 aliphatic rings. The van der Waals surface area contributed by atoms with E-state index >= 15 is 0 Å². The van der Waals surface area contributed by atoms with Crippen LogP contribution in [0.15, 0.2) is 47.2 Å². The maximum atomic E-state index is 10.8. The third kappa shape index (κ3) is 3.79. The predicted molar refractivity (Wildman–Crippen MR) is 77.5 cm³/mol. The molecule has 5 heteroatoms. The largest absolute Gasteiger partial charge is 0.478 e. The number of aromatic nitrogens is 1. The number of pyridine rings is 1. The van der Waals surface area contributed by atoms with Crippen molar-refractivity contribution < 1.29 is 9.90 Å². The Balaban J connectivity index is 1.95. The van der Waals surface area contributed by atoms with E-state index in [2.05, 4.69) is 26.2 Å². The van der Waals surface area contributed by atoms with Gasteiger partial charge in [-0.2, -0.15) is 0 Å². The minimum atomic E-state index is -0.927. The van der Waals surface area contributed by atoms with Gasteiger partial charge in [-0.3, -0.25) is 4.98 Å². The normalized spacial score (nSPS) is 10.2. The Labute approximate surface area is 119 Å². The van der Waals surface area contributed by atoms with Crippen LogP contribution in [0.1, 0.15) is 15.9 Å². The first-order valence-corrected chi connectivity index (χ1v) is 6.62. The lowest BCUT2D eigenvalue weighted by Crippen LogP contribution is -2.06. The molecule has 0 bridgehead atoms. The molecule has 0 aliphatic heterocycles. The Hall–Kier alpha value is -1.88. The second kappa shape index (κ2) is 6.33. The minimum Gasteiger partial charge on any atom is -0.478 e. The quantitative estimate of drug-likeness (QED) is 0.888. The third-order valence-corrected chi connectivity index (χ3v) is 3.35. The molecule has 0 saturated heterocycles. The molecule has 19 heavy (non-hydrogen) atoms. The molecule has 0 radical (unpaired) electrons. The second-order valence-corrected chi connectivity index (χ2v) is 4.89. The number of halogens is 1. The fraction of sp³-hybridized carbons (Fsp3) is 0.143. The molecule has 0 saturated carbocycles. The first-order valence-electron chi connectivity index (χ1n) is 5.82. The van der Waals surface area contributed by atoms with Gasteiger partial charge in [-0.25, -0.2) is 4.79 Å². The van der Waals surface area contributed by atoms with Gasteiger partial charge in [0, 0.05) is 29.1 Å². The van der Waals surface area contributed by atoms with Gasteiger partial charge in [-0.1, -0.05) is 0 Å². The molecular formula is C14H13BrN2O2. The average Bonchev–Trinajstić information content (AvgIpc) is 2.41. The number of hydrogen-bond donors (Lipinski definition) is 2. The lowest BCUT2D eigenvalue weighted by atomic mass is 10.2. The fourth-order valence-corrected chi connectivity index (χ4v) is 2.20. The molecule has 4 nitrogen and oxygen atoms in total. The zero-order valence-corrected chi connectivity index (χ0v) is 11.7.